The monoisotopic (exact) mass is 402 g/mol. The van der Waals surface area contributed by atoms with E-state index >= 15 is 0 Å². The number of ether oxygens (including phenoxy) is 2. The standard InChI is InChI=1S/C23H34O4Si/c1-17(20-16-21(24)26-23(5,6)25-20)11-9-12-18-13-10-14-19(15-18)27-28(7,8)22(2,3)4/h10-11,13-16H,9,12H2,1-8H3. The van der Waals surface area contributed by atoms with Crippen molar-refractivity contribution < 1.29 is 18.7 Å². The molecular formula is C23H34O4Si. The minimum absolute atomic E-state index is 0.172. The maximum atomic E-state index is 11.7. The molecule has 0 radical (unpaired) electrons. The number of esters is 1. The molecule has 0 fully saturated rings. The maximum Gasteiger partial charge on any atom is 0.337 e. The van der Waals surface area contributed by atoms with Gasteiger partial charge in [0.05, 0.1) is 6.08 Å². The fourth-order valence-electron chi connectivity index (χ4n) is 2.66. The van der Waals surface area contributed by atoms with Gasteiger partial charge in [-0.15, -0.1) is 0 Å². The summed E-state index contributed by atoms with van der Waals surface area (Å²) in [6, 6.07) is 8.36. The van der Waals surface area contributed by atoms with Crippen molar-refractivity contribution in [3.05, 3.63) is 53.3 Å². The Bertz CT molecular complexity index is 782. The first-order valence-electron chi connectivity index (χ1n) is 9.88. The number of carbonyl (C=O) groups is 1. The quantitative estimate of drug-likeness (QED) is 0.423. The molecule has 0 saturated carbocycles. The minimum Gasteiger partial charge on any atom is -0.543 e. The molecule has 0 N–H and O–H groups in total. The van der Waals surface area contributed by atoms with E-state index in [2.05, 4.69) is 58.1 Å². The summed E-state index contributed by atoms with van der Waals surface area (Å²) in [5.74, 6) is 0.240. The first kappa shape index (κ1) is 22.3. The molecule has 1 aliphatic heterocycles. The first-order chi connectivity index (χ1) is 12.8. The molecule has 1 aromatic rings. The normalized spacial score (nSPS) is 17.5. The number of aryl methyl sites for hydroxylation is 1. The third-order valence-corrected chi connectivity index (χ3v) is 9.66. The zero-order chi connectivity index (χ0) is 21.2. The Hall–Kier alpha value is -2.01. The van der Waals surface area contributed by atoms with Gasteiger partial charge in [0, 0.05) is 13.8 Å². The topological polar surface area (TPSA) is 44.8 Å². The van der Waals surface area contributed by atoms with Crippen LogP contribution in [0.4, 0.5) is 0 Å². The summed E-state index contributed by atoms with van der Waals surface area (Å²) < 4.78 is 17.3. The Morgan fingerprint density at radius 1 is 1.21 bits per heavy atom. The van der Waals surface area contributed by atoms with Crippen molar-refractivity contribution in [1.82, 2.24) is 0 Å². The van der Waals surface area contributed by atoms with Crippen LogP contribution in [0.3, 0.4) is 0 Å². The van der Waals surface area contributed by atoms with Gasteiger partial charge in [-0.3, -0.25) is 0 Å². The zero-order valence-electron chi connectivity index (χ0n) is 18.5. The molecule has 0 saturated heterocycles. The summed E-state index contributed by atoms with van der Waals surface area (Å²) in [4.78, 5) is 11.7. The van der Waals surface area contributed by atoms with Crippen LogP contribution in [-0.4, -0.2) is 20.1 Å². The van der Waals surface area contributed by atoms with Crippen molar-refractivity contribution in [2.45, 2.75) is 78.3 Å². The highest BCUT2D eigenvalue weighted by Gasteiger charge is 2.39. The maximum absolute atomic E-state index is 11.7. The molecule has 0 aromatic heterocycles. The van der Waals surface area contributed by atoms with Gasteiger partial charge in [0.15, 0.2) is 0 Å². The van der Waals surface area contributed by atoms with Crippen molar-refractivity contribution in [2.24, 2.45) is 0 Å². The molecule has 28 heavy (non-hydrogen) atoms. The Balaban J connectivity index is 2.02. The van der Waals surface area contributed by atoms with Gasteiger partial charge in [0.1, 0.15) is 11.5 Å². The predicted molar refractivity (Wildman–Crippen MR) is 116 cm³/mol. The fourth-order valence-corrected chi connectivity index (χ4v) is 3.68. The van der Waals surface area contributed by atoms with Crippen LogP contribution < -0.4 is 4.43 Å². The first-order valence-corrected chi connectivity index (χ1v) is 12.8. The highest BCUT2D eigenvalue weighted by atomic mass is 28.4. The largest absolute Gasteiger partial charge is 0.543 e. The lowest BCUT2D eigenvalue weighted by molar-refractivity contribution is -0.203. The van der Waals surface area contributed by atoms with E-state index in [1.807, 2.05) is 13.0 Å². The van der Waals surface area contributed by atoms with Crippen LogP contribution >= 0.6 is 0 Å². The lowest BCUT2D eigenvalue weighted by Gasteiger charge is -2.36. The smallest absolute Gasteiger partial charge is 0.337 e. The van der Waals surface area contributed by atoms with E-state index in [9.17, 15) is 4.79 Å². The third kappa shape index (κ3) is 5.99. The van der Waals surface area contributed by atoms with E-state index in [-0.39, 0.29) is 11.0 Å². The Morgan fingerprint density at radius 2 is 1.89 bits per heavy atom. The third-order valence-electron chi connectivity index (χ3n) is 5.30. The van der Waals surface area contributed by atoms with Gasteiger partial charge in [-0.25, -0.2) is 4.79 Å². The molecule has 5 heteroatoms. The van der Waals surface area contributed by atoms with Gasteiger partial charge >= 0.3 is 5.97 Å². The van der Waals surface area contributed by atoms with Crippen LogP contribution in [0.5, 0.6) is 5.75 Å². The summed E-state index contributed by atoms with van der Waals surface area (Å²) in [5.41, 5.74) is 2.18. The molecule has 0 unspecified atom stereocenters. The Kier molecular flexibility index (Phi) is 6.49. The number of hydrogen-bond acceptors (Lipinski definition) is 4. The van der Waals surface area contributed by atoms with E-state index in [1.54, 1.807) is 13.8 Å². The summed E-state index contributed by atoms with van der Waals surface area (Å²) in [6.07, 6.45) is 5.26. The van der Waals surface area contributed by atoms with E-state index in [4.69, 9.17) is 13.9 Å². The average Bonchev–Trinajstić information content (AvgIpc) is 2.51. The average molecular weight is 403 g/mol. The number of benzene rings is 1. The number of carbonyl (C=O) groups excluding carboxylic acids is 1. The molecule has 0 atom stereocenters. The van der Waals surface area contributed by atoms with E-state index in [0.29, 0.717) is 5.76 Å². The van der Waals surface area contributed by atoms with E-state index in [1.165, 1.54) is 11.6 Å². The number of rotatable bonds is 6. The van der Waals surface area contributed by atoms with Crippen LogP contribution in [0.1, 0.15) is 53.5 Å². The highest BCUT2D eigenvalue weighted by Crippen LogP contribution is 2.37. The van der Waals surface area contributed by atoms with Gasteiger partial charge in [-0.05, 0) is 61.2 Å². The molecule has 0 bridgehead atoms. The van der Waals surface area contributed by atoms with Crippen LogP contribution in [0.2, 0.25) is 18.1 Å². The number of cyclic esters (lactones) is 1. The summed E-state index contributed by atoms with van der Waals surface area (Å²) in [7, 11) is -1.84. The lowest BCUT2D eigenvalue weighted by Crippen LogP contribution is -2.43. The molecule has 4 nitrogen and oxygen atoms in total. The van der Waals surface area contributed by atoms with Gasteiger partial charge in [-0.1, -0.05) is 39.0 Å². The molecule has 1 aliphatic rings. The van der Waals surface area contributed by atoms with Crippen molar-refractivity contribution in [3.63, 3.8) is 0 Å². The van der Waals surface area contributed by atoms with Gasteiger partial charge < -0.3 is 13.9 Å². The van der Waals surface area contributed by atoms with Crippen LogP contribution in [0, 0.1) is 0 Å². The van der Waals surface area contributed by atoms with Gasteiger partial charge in [0.25, 0.3) is 0 Å². The second-order valence-corrected chi connectivity index (χ2v) is 14.1. The van der Waals surface area contributed by atoms with Gasteiger partial charge in [-0.2, -0.15) is 0 Å². The Labute approximate surface area is 170 Å². The van der Waals surface area contributed by atoms with Crippen LogP contribution in [0.15, 0.2) is 47.7 Å². The molecule has 0 amide bonds. The fraction of sp³-hybridized carbons (Fsp3) is 0.522. The molecular weight excluding hydrogens is 368 g/mol. The summed E-state index contributed by atoms with van der Waals surface area (Å²) in [5, 5.41) is 0.172. The molecule has 2 rings (SSSR count). The second kappa shape index (κ2) is 8.16. The van der Waals surface area contributed by atoms with Crippen LogP contribution in [-0.2, 0) is 20.7 Å². The van der Waals surface area contributed by atoms with Crippen molar-refractivity contribution in [2.75, 3.05) is 0 Å². The van der Waals surface area contributed by atoms with Crippen molar-refractivity contribution >= 4 is 14.3 Å². The number of allylic oxidation sites excluding steroid dienone is 2. The SMILES string of the molecule is CC(=CCCc1cccc(O[Si](C)(C)C(C)(C)C)c1)C1=CC(=O)OC(C)(C)O1. The summed E-state index contributed by atoms with van der Waals surface area (Å²) >= 11 is 0. The molecule has 0 spiro atoms. The zero-order valence-corrected chi connectivity index (χ0v) is 19.5. The summed E-state index contributed by atoms with van der Waals surface area (Å²) in [6.45, 7) is 16.7. The Morgan fingerprint density at radius 3 is 2.50 bits per heavy atom. The predicted octanol–water partition coefficient (Wildman–Crippen LogP) is 6.14. The van der Waals surface area contributed by atoms with Crippen LogP contribution in [0.25, 0.3) is 0 Å². The lowest BCUT2D eigenvalue weighted by atomic mass is 10.1. The molecule has 1 heterocycles. The minimum atomic E-state index is -1.84. The molecule has 154 valence electrons. The van der Waals surface area contributed by atoms with Gasteiger partial charge in [0.2, 0.25) is 14.1 Å². The van der Waals surface area contributed by atoms with Crippen molar-refractivity contribution in [1.29, 1.82) is 0 Å². The van der Waals surface area contributed by atoms with E-state index in [0.717, 1.165) is 24.2 Å². The highest BCUT2D eigenvalue weighted by molar-refractivity contribution is 6.74. The van der Waals surface area contributed by atoms with E-state index < -0.39 is 14.1 Å². The molecule has 0 aliphatic carbocycles. The second-order valence-electron chi connectivity index (χ2n) is 9.37. The number of hydrogen-bond donors (Lipinski definition) is 0. The van der Waals surface area contributed by atoms with Crippen molar-refractivity contribution in [3.8, 4) is 5.75 Å². The molecule has 1 aromatic carbocycles.